The molecule has 0 radical (unpaired) electrons. The quantitative estimate of drug-likeness (QED) is 0.687. The smallest absolute Gasteiger partial charge is 0.257 e. The number of nitrogens with zero attached hydrogens (tertiary/aromatic N) is 2. The van der Waals surface area contributed by atoms with Gasteiger partial charge in [-0.25, -0.2) is 4.98 Å². The number of benzene rings is 2. The molecule has 3 N–H and O–H groups in total. The van der Waals surface area contributed by atoms with E-state index < -0.39 is 12.0 Å². The summed E-state index contributed by atoms with van der Waals surface area (Å²) >= 11 is 0. The summed E-state index contributed by atoms with van der Waals surface area (Å²) < 4.78 is 0. The van der Waals surface area contributed by atoms with Gasteiger partial charge >= 0.3 is 0 Å². The molecule has 6 nitrogen and oxygen atoms in total. The summed E-state index contributed by atoms with van der Waals surface area (Å²) in [6, 6.07) is 15.9. The number of aliphatic hydroxyl groups is 1. The van der Waals surface area contributed by atoms with Gasteiger partial charge in [0.15, 0.2) is 11.9 Å². The summed E-state index contributed by atoms with van der Waals surface area (Å²) in [7, 11) is 0. The van der Waals surface area contributed by atoms with Crippen LogP contribution in [0.4, 0.5) is 5.69 Å². The van der Waals surface area contributed by atoms with Gasteiger partial charge in [0, 0.05) is 11.3 Å². The van der Waals surface area contributed by atoms with Crippen LogP contribution >= 0.6 is 0 Å². The van der Waals surface area contributed by atoms with Gasteiger partial charge in [0.05, 0.1) is 0 Å². The van der Waals surface area contributed by atoms with Gasteiger partial charge in [-0.3, -0.25) is 9.89 Å². The number of amides is 1. The molecule has 2 aromatic carbocycles. The molecule has 0 bridgehead atoms. The van der Waals surface area contributed by atoms with Crippen molar-refractivity contribution < 1.29 is 9.90 Å². The number of carbonyl (C=O) groups is 1. The van der Waals surface area contributed by atoms with Crippen molar-refractivity contribution in [2.45, 2.75) is 6.10 Å². The number of aliphatic hydroxyl groups excluding tert-OH is 1. The lowest BCUT2D eigenvalue weighted by molar-refractivity contribution is -0.124. The maximum Gasteiger partial charge on any atom is 0.257 e. The van der Waals surface area contributed by atoms with E-state index in [-0.39, 0.29) is 0 Å². The topological polar surface area (TPSA) is 90.9 Å². The third-order valence-electron chi connectivity index (χ3n) is 3.18. The van der Waals surface area contributed by atoms with E-state index in [4.69, 9.17) is 0 Å². The summed E-state index contributed by atoms with van der Waals surface area (Å²) in [5.41, 5.74) is 1.92. The molecule has 3 rings (SSSR count). The van der Waals surface area contributed by atoms with Crippen LogP contribution in [-0.2, 0) is 4.79 Å². The number of hydrogen-bond acceptors (Lipinski definition) is 4. The Morgan fingerprint density at radius 2 is 1.95 bits per heavy atom. The van der Waals surface area contributed by atoms with Crippen LogP contribution < -0.4 is 5.32 Å². The molecule has 0 aliphatic rings. The summed E-state index contributed by atoms with van der Waals surface area (Å²) in [5, 5.41) is 19.3. The largest absolute Gasteiger partial charge is 0.378 e. The number of nitrogens with one attached hydrogen (secondary N) is 2. The van der Waals surface area contributed by atoms with Gasteiger partial charge in [-0.15, -0.1) is 0 Å². The highest BCUT2D eigenvalue weighted by Gasteiger charge is 2.17. The third kappa shape index (κ3) is 3.02. The first-order valence-electron chi connectivity index (χ1n) is 6.74. The van der Waals surface area contributed by atoms with Crippen molar-refractivity contribution in [3.8, 4) is 11.4 Å². The van der Waals surface area contributed by atoms with Gasteiger partial charge in [-0.1, -0.05) is 42.5 Å². The molecule has 1 aromatic heterocycles. The number of anilines is 1. The molecule has 1 unspecified atom stereocenters. The maximum absolute atomic E-state index is 12.1. The zero-order chi connectivity index (χ0) is 15.4. The van der Waals surface area contributed by atoms with Gasteiger partial charge in [0.25, 0.3) is 5.91 Å². The molecule has 3 aromatic rings. The molecule has 0 spiro atoms. The molecule has 1 amide bonds. The van der Waals surface area contributed by atoms with E-state index in [1.807, 2.05) is 12.1 Å². The van der Waals surface area contributed by atoms with E-state index in [2.05, 4.69) is 20.5 Å². The van der Waals surface area contributed by atoms with E-state index in [1.54, 1.807) is 42.5 Å². The Bertz CT molecular complexity index is 757. The zero-order valence-electron chi connectivity index (χ0n) is 11.6. The van der Waals surface area contributed by atoms with Crippen molar-refractivity contribution in [2.75, 3.05) is 5.32 Å². The van der Waals surface area contributed by atoms with Crippen LogP contribution in [0.1, 0.15) is 11.7 Å². The Morgan fingerprint density at radius 1 is 1.14 bits per heavy atom. The van der Waals surface area contributed by atoms with E-state index in [9.17, 15) is 9.90 Å². The van der Waals surface area contributed by atoms with Gasteiger partial charge in [0.1, 0.15) is 6.33 Å². The van der Waals surface area contributed by atoms with Crippen LogP contribution in [0.3, 0.4) is 0 Å². The minimum atomic E-state index is -1.21. The van der Waals surface area contributed by atoms with Gasteiger partial charge in [-0.05, 0) is 17.7 Å². The molecule has 1 heterocycles. The van der Waals surface area contributed by atoms with Crippen molar-refractivity contribution in [2.24, 2.45) is 0 Å². The van der Waals surface area contributed by atoms with E-state index in [0.29, 0.717) is 17.1 Å². The number of carbonyl (C=O) groups excluding carboxylic acids is 1. The highest BCUT2D eigenvalue weighted by atomic mass is 16.3. The minimum absolute atomic E-state index is 0.485. The van der Waals surface area contributed by atoms with Gasteiger partial charge in [0.2, 0.25) is 0 Å². The minimum Gasteiger partial charge on any atom is -0.378 e. The predicted molar refractivity (Wildman–Crippen MR) is 81.9 cm³/mol. The number of aromatic nitrogens is 3. The molecule has 0 saturated heterocycles. The van der Waals surface area contributed by atoms with Crippen LogP contribution in [0.15, 0.2) is 60.9 Å². The average Bonchev–Trinajstić information content (AvgIpc) is 3.10. The SMILES string of the molecule is O=C(Nc1cccc(-c2ncn[nH]2)c1)C(O)c1ccccc1. The van der Waals surface area contributed by atoms with Crippen LogP contribution in [0, 0.1) is 0 Å². The van der Waals surface area contributed by atoms with Crippen molar-refractivity contribution in [1.29, 1.82) is 0 Å². The van der Waals surface area contributed by atoms with E-state index in [1.165, 1.54) is 6.33 Å². The predicted octanol–water partition coefficient (Wildman–Crippen LogP) is 2.14. The monoisotopic (exact) mass is 294 g/mol. The Kier molecular flexibility index (Phi) is 3.93. The summed E-state index contributed by atoms with van der Waals surface area (Å²) in [6.07, 6.45) is 0.204. The highest BCUT2D eigenvalue weighted by molar-refractivity contribution is 5.95. The molecule has 110 valence electrons. The van der Waals surface area contributed by atoms with E-state index >= 15 is 0 Å². The molecule has 1 atom stereocenters. The number of rotatable bonds is 4. The normalized spacial score (nSPS) is 11.9. The van der Waals surface area contributed by atoms with Crippen LogP contribution in [0.25, 0.3) is 11.4 Å². The Labute approximate surface area is 126 Å². The summed E-state index contributed by atoms with van der Waals surface area (Å²) in [6.45, 7) is 0. The molecular formula is C16H14N4O2. The maximum atomic E-state index is 12.1. The lowest BCUT2D eigenvalue weighted by Gasteiger charge is -2.12. The molecule has 0 aliphatic heterocycles. The van der Waals surface area contributed by atoms with Crippen LogP contribution in [-0.4, -0.2) is 26.2 Å². The number of aromatic amines is 1. The molecule has 0 fully saturated rings. The van der Waals surface area contributed by atoms with Crippen molar-refractivity contribution >= 4 is 11.6 Å². The standard InChI is InChI=1S/C16H14N4O2/c21-14(11-5-2-1-3-6-11)16(22)19-13-8-4-7-12(9-13)15-17-10-18-20-15/h1-10,14,21H,(H,19,22)(H,17,18,20). The van der Waals surface area contributed by atoms with Crippen LogP contribution in [0.2, 0.25) is 0 Å². The first-order chi connectivity index (χ1) is 10.7. The molecular weight excluding hydrogens is 280 g/mol. The number of hydrogen-bond donors (Lipinski definition) is 3. The molecule has 6 heteroatoms. The van der Waals surface area contributed by atoms with Gasteiger partial charge < -0.3 is 10.4 Å². The van der Waals surface area contributed by atoms with Crippen molar-refractivity contribution in [3.05, 3.63) is 66.5 Å². The molecule has 22 heavy (non-hydrogen) atoms. The molecule has 0 saturated carbocycles. The fraction of sp³-hybridized carbons (Fsp3) is 0.0625. The highest BCUT2D eigenvalue weighted by Crippen LogP contribution is 2.20. The Morgan fingerprint density at radius 3 is 2.68 bits per heavy atom. The third-order valence-corrected chi connectivity index (χ3v) is 3.18. The zero-order valence-corrected chi connectivity index (χ0v) is 11.6. The van der Waals surface area contributed by atoms with Crippen LogP contribution in [0.5, 0.6) is 0 Å². The lowest BCUT2D eigenvalue weighted by atomic mass is 10.1. The fourth-order valence-electron chi connectivity index (χ4n) is 2.09. The van der Waals surface area contributed by atoms with Gasteiger partial charge in [-0.2, -0.15) is 5.10 Å². The second-order valence-corrected chi connectivity index (χ2v) is 4.72. The Balaban J connectivity index is 1.76. The lowest BCUT2D eigenvalue weighted by Crippen LogP contribution is -2.20. The van der Waals surface area contributed by atoms with Crippen molar-refractivity contribution in [3.63, 3.8) is 0 Å². The first-order valence-corrected chi connectivity index (χ1v) is 6.74. The van der Waals surface area contributed by atoms with E-state index in [0.717, 1.165) is 5.56 Å². The second kappa shape index (κ2) is 6.19. The fourth-order valence-corrected chi connectivity index (χ4v) is 2.09. The van der Waals surface area contributed by atoms with Crippen molar-refractivity contribution in [1.82, 2.24) is 15.2 Å². The second-order valence-electron chi connectivity index (χ2n) is 4.72. The summed E-state index contributed by atoms with van der Waals surface area (Å²) in [5.74, 6) is 0.126. The Hall–Kier alpha value is -2.99. The summed E-state index contributed by atoms with van der Waals surface area (Å²) in [4.78, 5) is 16.2. The molecule has 0 aliphatic carbocycles. The number of H-pyrrole nitrogens is 1. The average molecular weight is 294 g/mol. The first kappa shape index (κ1) is 14.0.